The summed E-state index contributed by atoms with van der Waals surface area (Å²) in [5, 5.41) is 6.54. The Morgan fingerprint density at radius 1 is 1.23 bits per heavy atom. The molecule has 0 radical (unpaired) electrons. The van der Waals surface area contributed by atoms with Crippen LogP contribution in [0.4, 0.5) is 4.79 Å². The Kier molecular flexibility index (Phi) is 5.46. The number of carbonyl (C=O) groups is 1. The summed E-state index contributed by atoms with van der Waals surface area (Å²) in [5.41, 5.74) is 0.757. The van der Waals surface area contributed by atoms with Gasteiger partial charge in [-0.05, 0) is 58.6 Å². The maximum absolute atomic E-state index is 12.0. The predicted molar refractivity (Wildman–Crippen MR) is 89.0 cm³/mol. The van der Waals surface area contributed by atoms with Gasteiger partial charge in [0.15, 0.2) is 0 Å². The van der Waals surface area contributed by atoms with Gasteiger partial charge in [-0.3, -0.25) is 0 Å². The summed E-state index contributed by atoms with van der Waals surface area (Å²) < 4.78 is 5.37. The van der Waals surface area contributed by atoms with Gasteiger partial charge in [0.2, 0.25) is 0 Å². The Morgan fingerprint density at radius 3 is 2.45 bits per heavy atom. The average molecular weight is 304 g/mol. The SMILES string of the molecule is CC(C)(C)OC(=O)NC1(CNCCc2ccccc2)CCC1. The van der Waals surface area contributed by atoms with Crippen molar-refractivity contribution in [3.8, 4) is 0 Å². The van der Waals surface area contributed by atoms with Crippen molar-refractivity contribution in [2.75, 3.05) is 13.1 Å². The zero-order valence-electron chi connectivity index (χ0n) is 13.9. The molecule has 1 fully saturated rings. The molecule has 2 rings (SSSR count). The van der Waals surface area contributed by atoms with E-state index in [1.807, 2.05) is 26.8 Å². The quantitative estimate of drug-likeness (QED) is 0.793. The van der Waals surface area contributed by atoms with Crippen LogP contribution in [0.3, 0.4) is 0 Å². The molecule has 122 valence electrons. The van der Waals surface area contributed by atoms with E-state index in [9.17, 15) is 4.79 Å². The van der Waals surface area contributed by atoms with Gasteiger partial charge in [-0.25, -0.2) is 4.79 Å². The number of alkyl carbamates (subject to hydrolysis) is 1. The average Bonchev–Trinajstić information content (AvgIpc) is 2.39. The minimum absolute atomic E-state index is 0.126. The van der Waals surface area contributed by atoms with Crippen LogP contribution in [0.15, 0.2) is 30.3 Å². The van der Waals surface area contributed by atoms with E-state index in [4.69, 9.17) is 4.74 Å². The lowest BCUT2D eigenvalue weighted by Crippen LogP contribution is -2.60. The molecule has 22 heavy (non-hydrogen) atoms. The fourth-order valence-corrected chi connectivity index (χ4v) is 2.67. The van der Waals surface area contributed by atoms with Gasteiger partial charge in [-0.2, -0.15) is 0 Å². The van der Waals surface area contributed by atoms with Crippen LogP contribution < -0.4 is 10.6 Å². The van der Waals surface area contributed by atoms with Crippen molar-refractivity contribution >= 4 is 6.09 Å². The van der Waals surface area contributed by atoms with Crippen LogP contribution in [-0.4, -0.2) is 30.3 Å². The van der Waals surface area contributed by atoms with Gasteiger partial charge in [-0.15, -0.1) is 0 Å². The fourth-order valence-electron chi connectivity index (χ4n) is 2.67. The van der Waals surface area contributed by atoms with Crippen molar-refractivity contribution in [1.29, 1.82) is 0 Å². The minimum Gasteiger partial charge on any atom is -0.444 e. The largest absolute Gasteiger partial charge is 0.444 e. The van der Waals surface area contributed by atoms with Crippen molar-refractivity contribution < 1.29 is 9.53 Å². The molecule has 1 aliphatic rings. The first-order valence-corrected chi connectivity index (χ1v) is 8.14. The van der Waals surface area contributed by atoms with Crippen molar-refractivity contribution in [2.24, 2.45) is 0 Å². The van der Waals surface area contributed by atoms with Gasteiger partial charge in [0.1, 0.15) is 5.60 Å². The Balaban J connectivity index is 1.73. The van der Waals surface area contributed by atoms with Gasteiger partial charge < -0.3 is 15.4 Å². The first kappa shape index (κ1) is 16.8. The molecular weight excluding hydrogens is 276 g/mol. The number of ether oxygens (including phenoxy) is 1. The van der Waals surface area contributed by atoms with Crippen molar-refractivity contribution in [1.82, 2.24) is 10.6 Å². The Morgan fingerprint density at radius 2 is 1.91 bits per heavy atom. The summed E-state index contributed by atoms with van der Waals surface area (Å²) in [6.45, 7) is 7.38. The second-order valence-electron chi connectivity index (χ2n) is 7.17. The van der Waals surface area contributed by atoms with E-state index in [0.717, 1.165) is 38.8 Å². The lowest BCUT2D eigenvalue weighted by molar-refractivity contribution is 0.0383. The van der Waals surface area contributed by atoms with Crippen molar-refractivity contribution in [2.45, 2.75) is 57.6 Å². The fraction of sp³-hybridized carbons (Fsp3) is 0.611. The molecule has 0 saturated heterocycles. The van der Waals surface area contributed by atoms with Crippen LogP contribution in [0, 0.1) is 0 Å². The van der Waals surface area contributed by atoms with E-state index in [-0.39, 0.29) is 11.6 Å². The van der Waals surface area contributed by atoms with E-state index in [1.165, 1.54) is 5.56 Å². The number of benzene rings is 1. The summed E-state index contributed by atoms with van der Waals surface area (Å²) in [6, 6.07) is 10.4. The van der Waals surface area contributed by atoms with Crippen molar-refractivity contribution in [3.05, 3.63) is 35.9 Å². The highest BCUT2D eigenvalue weighted by molar-refractivity contribution is 5.69. The van der Waals surface area contributed by atoms with E-state index in [1.54, 1.807) is 0 Å². The maximum atomic E-state index is 12.0. The lowest BCUT2D eigenvalue weighted by Gasteiger charge is -2.42. The molecule has 0 unspecified atom stereocenters. The van der Waals surface area contributed by atoms with Gasteiger partial charge in [0.05, 0.1) is 5.54 Å². The monoisotopic (exact) mass is 304 g/mol. The predicted octanol–water partition coefficient (Wildman–Crippen LogP) is 3.27. The van der Waals surface area contributed by atoms with Crippen LogP contribution in [0.25, 0.3) is 0 Å². The van der Waals surface area contributed by atoms with E-state index >= 15 is 0 Å². The zero-order chi connectivity index (χ0) is 16.1. The summed E-state index contributed by atoms with van der Waals surface area (Å²) >= 11 is 0. The number of hydrogen-bond acceptors (Lipinski definition) is 3. The molecule has 1 amide bonds. The molecule has 1 aliphatic carbocycles. The zero-order valence-corrected chi connectivity index (χ0v) is 13.9. The highest BCUT2D eigenvalue weighted by Gasteiger charge is 2.39. The van der Waals surface area contributed by atoms with Gasteiger partial charge in [-0.1, -0.05) is 30.3 Å². The molecule has 4 heteroatoms. The topological polar surface area (TPSA) is 50.4 Å². The molecule has 1 saturated carbocycles. The molecular formula is C18H28N2O2. The Hall–Kier alpha value is -1.55. The summed E-state index contributed by atoms with van der Waals surface area (Å²) in [6.07, 6.45) is 3.89. The van der Waals surface area contributed by atoms with Crippen LogP contribution in [-0.2, 0) is 11.2 Å². The molecule has 0 atom stereocenters. The number of carbonyl (C=O) groups excluding carboxylic acids is 1. The molecule has 4 nitrogen and oxygen atoms in total. The summed E-state index contributed by atoms with van der Waals surface area (Å²) in [7, 11) is 0. The second kappa shape index (κ2) is 7.14. The van der Waals surface area contributed by atoms with E-state index in [0.29, 0.717) is 0 Å². The molecule has 0 bridgehead atoms. The Bertz CT molecular complexity index is 476. The summed E-state index contributed by atoms with van der Waals surface area (Å²) in [4.78, 5) is 12.0. The molecule has 0 spiro atoms. The number of rotatable bonds is 6. The van der Waals surface area contributed by atoms with E-state index < -0.39 is 5.60 Å². The highest BCUT2D eigenvalue weighted by Crippen LogP contribution is 2.31. The molecule has 0 aromatic heterocycles. The highest BCUT2D eigenvalue weighted by atomic mass is 16.6. The number of amides is 1. The third-order valence-corrected chi connectivity index (χ3v) is 3.97. The number of nitrogens with one attached hydrogen (secondary N) is 2. The van der Waals surface area contributed by atoms with Crippen LogP contribution >= 0.6 is 0 Å². The Labute approximate surface area is 133 Å². The second-order valence-corrected chi connectivity index (χ2v) is 7.17. The molecule has 1 aromatic rings. The first-order valence-electron chi connectivity index (χ1n) is 8.14. The third kappa shape index (κ3) is 5.34. The van der Waals surface area contributed by atoms with Gasteiger partial charge >= 0.3 is 6.09 Å². The van der Waals surface area contributed by atoms with Crippen LogP contribution in [0.2, 0.25) is 0 Å². The van der Waals surface area contributed by atoms with Gasteiger partial charge in [0.25, 0.3) is 0 Å². The normalized spacial score (nSPS) is 16.7. The molecule has 0 aliphatic heterocycles. The lowest BCUT2D eigenvalue weighted by atomic mass is 9.76. The maximum Gasteiger partial charge on any atom is 0.408 e. The van der Waals surface area contributed by atoms with Crippen molar-refractivity contribution in [3.63, 3.8) is 0 Å². The molecule has 0 heterocycles. The molecule has 1 aromatic carbocycles. The first-order chi connectivity index (χ1) is 10.4. The number of hydrogen-bond donors (Lipinski definition) is 2. The van der Waals surface area contributed by atoms with Crippen LogP contribution in [0.1, 0.15) is 45.6 Å². The summed E-state index contributed by atoms with van der Waals surface area (Å²) in [5.74, 6) is 0. The third-order valence-electron chi connectivity index (χ3n) is 3.97. The standard InChI is InChI=1S/C18H28N2O2/c1-17(2,3)22-16(21)20-18(11-7-12-18)14-19-13-10-15-8-5-4-6-9-15/h4-6,8-9,19H,7,10-14H2,1-3H3,(H,20,21). The minimum atomic E-state index is -0.449. The van der Waals surface area contributed by atoms with Gasteiger partial charge in [0, 0.05) is 6.54 Å². The van der Waals surface area contributed by atoms with E-state index in [2.05, 4.69) is 34.9 Å². The smallest absolute Gasteiger partial charge is 0.408 e. The van der Waals surface area contributed by atoms with Crippen LogP contribution in [0.5, 0.6) is 0 Å². The molecule has 2 N–H and O–H groups in total.